The minimum absolute atomic E-state index is 0.266. The zero-order valence-electron chi connectivity index (χ0n) is 10.4. The Morgan fingerprint density at radius 2 is 2.37 bits per heavy atom. The molecule has 0 saturated carbocycles. The molecule has 3 aromatic rings. The molecule has 0 aliphatic rings. The lowest BCUT2D eigenvalue weighted by Crippen LogP contribution is -2.12. The molecule has 6 heteroatoms. The molecule has 0 aliphatic carbocycles. The number of imidazole rings is 1. The van der Waals surface area contributed by atoms with Crippen LogP contribution in [0.4, 0.5) is 5.82 Å². The predicted molar refractivity (Wildman–Crippen MR) is 71.1 cm³/mol. The third-order valence-electron chi connectivity index (χ3n) is 2.85. The molecule has 0 aliphatic heterocycles. The van der Waals surface area contributed by atoms with Crippen molar-refractivity contribution in [2.45, 2.75) is 13.3 Å². The number of nitrogens with zero attached hydrogens (tertiary/aromatic N) is 3. The van der Waals surface area contributed by atoms with Gasteiger partial charge in [0, 0.05) is 24.2 Å². The number of carbonyl (C=O) groups is 1. The Morgan fingerprint density at radius 1 is 1.47 bits per heavy atom. The Bertz CT molecular complexity index is 694. The molecule has 6 nitrogen and oxygen atoms in total. The van der Waals surface area contributed by atoms with Crippen LogP contribution in [0.15, 0.2) is 36.7 Å². The van der Waals surface area contributed by atoms with Crippen LogP contribution in [0.3, 0.4) is 0 Å². The van der Waals surface area contributed by atoms with Gasteiger partial charge >= 0.3 is 0 Å². The molecule has 0 atom stereocenters. The van der Waals surface area contributed by atoms with Crippen LogP contribution in [-0.4, -0.2) is 25.5 Å². The van der Waals surface area contributed by atoms with Crippen LogP contribution >= 0.6 is 0 Å². The zero-order chi connectivity index (χ0) is 13.2. The second-order valence-corrected chi connectivity index (χ2v) is 4.18. The van der Waals surface area contributed by atoms with Gasteiger partial charge in [-0.25, -0.2) is 4.98 Å². The van der Waals surface area contributed by atoms with Crippen molar-refractivity contribution in [3.63, 3.8) is 0 Å². The smallest absolute Gasteiger partial charge is 0.277 e. The fraction of sp³-hybridized carbons (Fsp3) is 0.154. The quantitative estimate of drug-likeness (QED) is 0.750. The van der Waals surface area contributed by atoms with Gasteiger partial charge < -0.3 is 9.72 Å². The summed E-state index contributed by atoms with van der Waals surface area (Å²) in [6.07, 6.45) is 4.39. The van der Waals surface area contributed by atoms with Gasteiger partial charge in [0.2, 0.25) is 0 Å². The summed E-state index contributed by atoms with van der Waals surface area (Å²) in [6.45, 7) is 2.02. The fourth-order valence-electron chi connectivity index (χ4n) is 1.83. The molecule has 0 saturated heterocycles. The van der Waals surface area contributed by atoms with E-state index in [1.165, 1.54) is 0 Å². The van der Waals surface area contributed by atoms with E-state index in [2.05, 4.69) is 20.5 Å². The van der Waals surface area contributed by atoms with Crippen molar-refractivity contribution in [3.8, 4) is 0 Å². The lowest BCUT2D eigenvalue weighted by Gasteiger charge is -1.96. The predicted octanol–water partition coefficient (Wildman–Crippen LogP) is 1.87. The maximum absolute atomic E-state index is 12.0. The lowest BCUT2D eigenvalue weighted by molar-refractivity contribution is 0.102. The van der Waals surface area contributed by atoms with E-state index < -0.39 is 0 Å². The van der Waals surface area contributed by atoms with E-state index in [0.29, 0.717) is 11.5 Å². The topological polar surface area (TPSA) is 75.1 Å². The second-order valence-electron chi connectivity index (χ2n) is 4.18. The fourth-order valence-corrected chi connectivity index (χ4v) is 1.83. The molecule has 0 radical (unpaired) electrons. The van der Waals surface area contributed by atoms with Crippen molar-refractivity contribution in [3.05, 3.63) is 48.0 Å². The first kappa shape index (κ1) is 11.5. The molecule has 3 aromatic heterocycles. The van der Waals surface area contributed by atoms with Crippen molar-refractivity contribution in [1.29, 1.82) is 0 Å². The van der Waals surface area contributed by atoms with E-state index >= 15 is 0 Å². The molecule has 3 heterocycles. The molecule has 0 spiro atoms. The number of aromatic nitrogens is 4. The highest BCUT2D eigenvalue weighted by Crippen LogP contribution is 2.09. The lowest BCUT2D eigenvalue weighted by atomic mass is 10.3. The van der Waals surface area contributed by atoms with Crippen LogP contribution in [0.25, 0.3) is 5.65 Å². The first-order valence-corrected chi connectivity index (χ1v) is 6.05. The number of aryl methyl sites for hydroxylation is 1. The summed E-state index contributed by atoms with van der Waals surface area (Å²) in [5.41, 5.74) is 2.08. The van der Waals surface area contributed by atoms with Crippen molar-refractivity contribution in [2.75, 3.05) is 5.32 Å². The van der Waals surface area contributed by atoms with Gasteiger partial charge in [-0.2, -0.15) is 5.10 Å². The summed E-state index contributed by atoms with van der Waals surface area (Å²) in [5, 5.41) is 9.58. The SMILES string of the molecule is CCc1cc(NC(=O)c2cn3ccccc3n2)n[nH]1. The number of pyridine rings is 1. The maximum Gasteiger partial charge on any atom is 0.277 e. The summed E-state index contributed by atoms with van der Waals surface area (Å²) in [7, 11) is 0. The van der Waals surface area contributed by atoms with Gasteiger partial charge in [0.15, 0.2) is 5.82 Å². The van der Waals surface area contributed by atoms with Gasteiger partial charge in [0.05, 0.1) is 0 Å². The van der Waals surface area contributed by atoms with Gasteiger partial charge in [0.1, 0.15) is 11.3 Å². The number of rotatable bonds is 3. The van der Waals surface area contributed by atoms with E-state index in [1.807, 2.05) is 37.4 Å². The highest BCUT2D eigenvalue weighted by Gasteiger charge is 2.12. The zero-order valence-corrected chi connectivity index (χ0v) is 10.4. The summed E-state index contributed by atoms with van der Waals surface area (Å²) in [4.78, 5) is 16.3. The Balaban J connectivity index is 1.83. The van der Waals surface area contributed by atoms with Crippen LogP contribution < -0.4 is 5.32 Å². The summed E-state index contributed by atoms with van der Waals surface area (Å²) in [6, 6.07) is 7.43. The highest BCUT2D eigenvalue weighted by atomic mass is 16.2. The standard InChI is InChI=1S/C13H13N5O/c1-2-9-7-11(17-16-9)15-13(19)10-8-18-6-4-3-5-12(18)14-10/h3-8H,2H2,1H3,(H2,15,16,17,19). The maximum atomic E-state index is 12.0. The van der Waals surface area contributed by atoms with E-state index in [1.54, 1.807) is 10.6 Å². The molecule has 0 aromatic carbocycles. The largest absolute Gasteiger partial charge is 0.306 e. The molecule has 19 heavy (non-hydrogen) atoms. The first-order chi connectivity index (χ1) is 9.26. The molecular formula is C13H13N5O. The minimum atomic E-state index is -0.266. The number of hydrogen-bond acceptors (Lipinski definition) is 3. The number of amides is 1. The van der Waals surface area contributed by atoms with Crippen LogP contribution in [-0.2, 0) is 6.42 Å². The molecule has 0 fully saturated rings. The Morgan fingerprint density at radius 3 is 3.11 bits per heavy atom. The molecular weight excluding hydrogens is 242 g/mol. The van der Waals surface area contributed by atoms with Crippen LogP contribution in [0.5, 0.6) is 0 Å². The second kappa shape index (κ2) is 4.56. The average Bonchev–Trinajstić information content (AvgIpc) is 3.04. The van der Waals surface area contributed by atoms with E-state index in [9.17, 15) is 4.79 Å². The number of carbonyl (C=O) groups excluding carboxylic acids is 1. The number of hydrogen-bond donors (Lipinski definition) is 2. The Labute approximate surface area is 109 Å². The van der Waals surface area contributed by atoms with Crippen molar-refractivity contribution < 1.29 is 4.79 Å². The number of H-pyrrole nitrogens is 1. The van der Waals surface area contributed by atoms with E-state index in [-0.39, 0.29) is 5.91 Å². The molecule has 0 unspecified atom stereocenters. The van der Waals surface area contributed by atoms with Gasteiger partial charge in [-0.05, 0) is 18.6 Å². The normalized spacial score (nSPS) is 10.8. The molecule has 1 amide bonds. The van der Waals surface area contributed by atoms with Crippen molar-refractivity contribution >= 4 is 17.4 Å². The minimum Gasteiger partial charge on any atom is -0.306 e. The Kier molecular flexibility index (Phi) is 2.75. The highest BCUT2D eigenvalue weighted by molar-refractivity contribution is 6.02. The number of anilines is 1. The number of aromatic amines is 1. The third-order valence-corrected chi connectivity index (χ3v) is 2.85. The molecule has 2 N–H and O–H groups in total. The Hall–Kier alpha value is -2.63. The number of fused-ring (bicyclic) bond motifs is 1. The molecule has 0 bridgehead atoms. The van der Waals surface area contributed by atoms with Crippen LogP contribution in [0.1, 0.15) is 23.1 Å². The van der Waals surface area contributed by atoms with Gasteiger partial charge in [-0.15, -0.1) is 0 Å². The summed E-state index contributed by atoms with van der Waals surface area (Å²) < 4.78 is 1.80. The van der Waals surface area contributed by atoms with E-state index in [0.717, 1.165) is 17.8 Å². The monoisotopic (exact) mass is 255 g/mol. The molecule has 96 valence electrons. The molecule has 3 rings (SSSR count). The van der Waals surface area contributed by atoms with Crippen molar-refractivity contribution in [1.82, 2.24) is 19.6 Å². The van der Waals surface area contributed by atoms with Gasteiger partial charge in [-0.1, -0.05) is 13.0 Å². The van der Waals surface area contributed by atoms with Gasteiger partial charge in [0.25, 0.3) is 5.91 Å². The average molecular weight is 255 g/mol. The third kappa shape index (κ3) is 2.20. The van der Waals surface area contributed by atoms with E-state index in [4.69, 9.17) is 0 Å². The van der Waals surface area contributed by atoms with Crippen LogP contribution in [0.2, 0.25) is 0 Å². The van der Waals surface area contributed by atoms with Crippen LogP contribution in [0, 0.1) is 0 Å². The summed E-state index contributed by atoms with van der Waals surface area (Å²) >= 11 is 0. The number of nitrogens with one attached hydrogen (secondary N) is 2. The summed E-state index contributed by atoms with van der Waals surface area (Å²) in [5.74, 6) is 0.247. The van der Waals surface area contributed by atoms with Gasteiger partial charge in [-0.3, -0.25) is 9.89 Å². The van der Waals surface area contributed by atoms with Crippen molar-refractivity contribution in [2.24, 2.45) is 0 Å². The first-order valence-electron chi connectivity index (χ1n) is 6.05.